The summed E-state index contributed by atoms with van der Waals surface area (Å²) < 4.78 is 5.43. The molecule has 0 bridgehead atoms. The summed E-state index contributed by atoms with van der Waals surface area (Å²) in [7, 11) is 2.16. The molecule has 0 radical (unpaired) electrons. The molecule has 22 heavy (non-hydrogen) atoms. The van der Waals surface area contributed by atoms with Gasteiger partial charge in [0.1, 0.15) is 0 Å². The van der Waals surface area contributed by atoms with E-state index in [9.17, 15) is 0 Å². The zero-order valence-corrected chi connectivity index (χ0v) is 14.1. The molecule has 1 aliphatic rings. The molecule has 0 spiro atoms. The number of thioether (sulfide) groups is 1. The Labute approximate surface area is 136 Å². The van der Waals surface area contributed by atoms with Crippen molar-refractivity contribution < 1.29 is 4.52 Å². The molecule has 0 N–H and O–H groups in total. The predicted molar refractivity (Wildman–Crippen MR) is 89.9 cm³/mol. The van der Waals surface area contributed by atoms with Gasteiger partial charge in [-0.3, -0.25) is 4.90 Å². The molecule has 2 aromatic rings. The average molecular weight is 317 g/mol. The number of nitrogens with zero attached hydrogens (tertiary/aromatic N) is 3. The molecule has 1 aliphatic carbocycles. The van der Waals surface area contributed by atoms with Crippen molar-refractivity contribution in [1.29, 1.82) is 0 Å². The van der Waals surface area contributed by atoms with E-state index in [2.05, 4.69) is 40.5 Å². The lowest BCUT2D eigenvalue weighted by molar-refractivity contribution is 0.165. The third kappa shape index (κ3) is 3.70. The second-order valence-electron chi connectivity index (χ2n) is 5.95. The van der Waals surface area contributed by atoms with Crippen molar-refractivity contribution in [3.8, 4) is 11.4 Å². The van der Waals surface area contributed by atoms with Crippen LogP contribution in [-0.4, -0.2) is 34.4 Å². The van der Waals surface area contributed by atoms with Gasteiger partial charge in [0, 0.05) is 16.5 Å². The van der Waals surface area contributed by atoms with E-state index in [1.54, 1.807) is 11.8 Å². The lowest BCUT2D eigenvalue weighted by Crippen LogP contribution is -2.32. The van der Waals surface area contributed by atoms with Crippen LogP contribution in [-0.2, 0) is 6.54 Å². The third-order valence-corrected chi connectivity index (χ3v) is 5.14. The Kier molecular flexibility index (Phi) is 5.16. The van der Waals surface area contributed by atoms with Crippen LogP contribution in [0.15, 0.2) is 33.7 Å². The second-order valence-corrected chi connectivity index (χ2v) is 6.83. The van der Waals surface area contributed by atoms with Gasteiger partial charge in [-0.2, -0.15) is 4.98 Å². The highest BCUT2D eigenvalue weighted by Crippen LogP contribution is 2.24. The molecule has 0 amide bonds. The number of benzene rings is 1. The monoisotopic (exact) mass is 317 g/mol. The highest BCUT2D eigenvalue weighted by molar-refractivity contribution is 7.98. The van der Waals surface area contributed by atoms with Crippen LogP contribution >= 0.6 is 11.8 Å². The minimum absolute atomic E-state index is 0.657. The van der Waals surface area contributed by atoms with Crippen LogP contribution in [0.5, 0.6) is 0 Å². The summed E-state index contributed by atoms with van der Waals surface area (Å²) in [6.07, 6.45) is 8.70. The van der Waals surface area contributed by atoms with Crippen molar-refractivity contribution >= 4 is 11.8 Å². The summed E-state index contributed by atoms with van der Waals surface area (Å²) in [5.41, 5.74) is 1.01. The van der Waals surface area contributed by atoms with Gasteiger partial charge < -0.3 is 4.52 Å². The molecule has 1 saturated carbocycles. The van der Waals surface area contributed by atoms with E-state index in [4.69, 9.17) is 4.52 Å². The Hall–Kier alpha value is -1.33. The first-order chi connectivity index (χ1) is 10.8. The van der Waals surface area contributed by atoms with Crippen LogP contribution in [0, 0.1) is 0 Å². The molecule has 1 aromatic heterocycles. The highest BCUT2D eigenvalue weighted by Gasteiger charge is 2.20. The fraction of sp³-hybridized carbons (Fsp3) is 0.529. The summed E-state index contributed by atoms with van der Waals surface area (Å²) >= 11 is 1.73. The molecule has 118 valence electrons. The van der Waals surface area contributed by atoms with Crippen LogP contribution in [0.3, 0.4) is 0 Å². The fourth-order valence-electron chi connectivity index (χ4n) is 3.04. The molecule has 0 aliphatic heterocycles. The Morgan fingerprint density at radius 3 is 2.59 bits per heavy atom. The largest absolute Gasteiger partial charge is 0.338 e. The van der Waals surface area contributed by atoms with Crippen LogP contribution in [0.1, 0.15) is 38.0 Å². The Morgan fingerprint density at radius 1 is 1.18 bits per heavy atom. The van der Waals surface area contributed by atoms with Gasteiger partial charge in [0.05, 0.1) is 6.54 Å². The quantitative estimate of drug-likeness (QED) is 0.772. The standard InChI is InChI=1S/C17H23N3OS/c1-20(14-6-4-3-5-7-14)12-16-18-17(19-21-16)13-8-10-15(22-2)11-9-13/h8-11,14H,3-7,12H2,1-2H3. The average Bonchev–Trinajstić information content (AvgIpc) is 3.04. The van der Waals surface area contributed by atoms with E-state index in [1.807, 2.05) is 12.1 Å². The van der Waals surface area contributed by atoms with E-state index >= 15 is 0 Å². The SMILES string of the molecule is CSc1ccc(-c2noc(CN(C)C3CCCCC3)n2)cc1. The van der Waals surface area contributed by atoms with Crippen molar-refractivity contribution in [2.75, 3.05) is 13.3 Å². The zero-order chi connectivity index (χ0) is 15.4. The zero-order valence-electron chi connectivity index (χ0n) is 13.3. The Balaban J connectivity index is 1.64. The van der Waals surface area contributed by atoms with E-state index in [0.29, 0.717) is 17.8 Å². The van der Waals surface area contributed by atoms with E-state index < -0.39 is 0 Å². The Bertz CT molecular complexity index is 590. The van der Waals surface area contributed by atoms with Gasteiger partial charge in [0.15, 0.2) is 0 Å². The van der Waals surface area contributed by atoms with Crippen molar-refractivity contribution in [2.24, 2.45) is 0 Å². The molecule has 1 fully saturated rings. The minimum atomic E-state index is 0.657. The maximum Gasteiger partial charge on any atom is 0.241 e. The highest BCUT2D eigenvalue weighted by atomic mass is 32.2. The molecule has 3 rings (SSSR count). The van der Waals surface area contributed by atoms with Crippen LogP contribution in [0.25, 0.3) is 11.4 Å². The third-order valence-electron chi connectivity index (χ3n) is 4.40. The first-order valence-corrected chi connectivity index (χ1v) is 9.16. The number of aromatic nitrogens is 2. The molecule has 1 heterocycles. The summed E-state index contributed by atoms with van der Waals surface area (Å²) in [6, 6.07) is 8.93. The molecular formula is C17H23N3OS. The predicted octanol–water partition coefficient (Wildman–Crippen LogP) is 4.22. The van der Waals surface area contributed by atoms with Gasteiger partial charge in [-0.15, -0.1) is 11.8 Å². The van der Waals surface area contributed by atoms with E-state index in [-0.39, 0.29) is 0 Å². The number of hydrogen-bond donors (Lipinski definition) is 0. The maximum atomic E-state index is 5.43. The van der Waals surface area contributed by atoms with E-state index in [0.717, 1.165) is 12.1 Å². The van der Waals surface area contributed by atoms with Gasteiger partial charge in [-0.1, -0.05) is 24.4 Å². The molecular weight excluding hydrogens is 294 g/mol. The molecule has 0 atom stereocenters. The van der Waals surface area contributed by atoms with Crippen LogP contribution < -0.4 is 0 Å². The van der Waals surface area contributed by atoms with E-state index in [1.165, 1.54) is 37.0 Å². The molecule has 4 nitrogen and oxygen atoms in total. The topological polar surface area (TPSA) is 42.2 Å². The van der Waals surface area contributed by atoms with Gasteiger partial charge in [0.25, 0.3) is 0 Å². The number of rotatable bonds is 5. The fourth-order valence-corrected chi connectivity index (χ4v) is 3.45. The maximum absolute atomic E-state index is 5.43. The summed E-state index contributed by atoms with van der Waals surface area (Å²) in [6.45, 7) is 0.737. The molecule has 1 aromatic carbocycles. The smallest absolute Gasteiger partial charge is 0.241 e. The lowest BCUT2D eigenvalue weighted by atomic mass is 9.94. The van der Waals surface area contributed by atoms with Gasteiger partial charge in [-0.05, 0) is 50.4 Å². The minimum Gasteiger partial charge on any atom is -0.338 e. The summed E-state index contributed by atoms with van der Waals surface area (Å²) in [5.74, 6) is 1.39. The molecule has 0 saturated heterocycles. The van der Waals surface area contributed by atoms with Crippen molar-refractivity contribution in [3.63, 3.8) is 0 Å². The molecule has 5 heteroatoms. The van der Waals surface area contributed by atoms with Crippen LogP contribution in [0.4, 0.5) is 0 Å². The second kappa shape index (κ2) is 7.29. The van der Waals surface area contributed by atoms with Gasteiger partial charge in [0.2, 0.25) is 11.7 Å². The van der Waals surface area contributed by atoms with Gasteiger partial charge in [-0.25, -0.2) is 0 Å². The van der Waals surface area contributed by atoms with Crippen molar-refractivity contribution in [3.05, 3.63) is 30.2 Å². The van der Waals surface area contributed by atoms with Crippen molar-refractivity contribution in [1.82, 2.24) is 15.0 Å². The normalized spacial score (nSPS) is 16.3. The lowest BCUT2D eigenvalue weighted by Gasteiger charge is -2.29. The first kappa shape index (κ1) is 15.6. The molecule has 0 unspecified atom stereocenters. The van der Waals surface area contributed by atoms with Crippen molar-refractivity contribution in [2.45, 2.75) is 49.6 Å². The van der Waals surface area contributed by atoms with Crippen LogP contribution in [0.2, 0.25) is 0 Å². The Morgan fingerprint density at radius 2 is 1.91 bits per heavy atom. The summed E-state index contributed by atoms with van der Waals surface area (Å²) in [4.78, 5) is 8.14. The van der Waals surface area contributed by atoms with Gasteiger partial charge >= 0.3 is 0 Å². The summed E-state index contributed by atoms with van der Waals surface area (Å²) in [5, 5.41) is 4.12. The number of hydrogen-bond acceptors (Lipinski definition) is 5. The first-order valence-electron chi connectivity index (χ1n) is 7.93.